The molecule has 0 spiro atoms. The minimum absolute atomic E-state index is 0.523. The topological polar surface area (TPSA) is 37.8 Å². The highest BCUT2D eigenvalue weighted by atomic mass is 35.5. The number of anilines is 2. The van der Waals surface area contributed by atoms with E-state index in [1.54, 1.807) is 0 Å². The van der Waals surface area contributed by atoms with Gasteiger partial charge in [-0.2, -0.15) is 0 Å². The molecule has 0 bridgehead atoms. The molecule has 0 fully saturated rings. The maximum atomic E-state index is 6.20. The molecular formula is C17H22ClN3. The normalized spacial score (nSPS) is 11.0. The summed E-state index contributed by atoms with van der Waals surface area (Å²) in [6.07, 6.45) is 1.84. The van der Waals surface area contributed by atoms with Gasteiger partial charge in [-0.05, 0) is 37.0 Å². The Morgan fingerprint density at radius 3 is 2.38 bits per heavy atom. The van der Waals surface area contributed by atoms with Gasteiger partial charge < -0.3 is 5.32 Å². The van der Waals surface area contributed by atoms with E-state index < -0.39 is 0 Å². The number of nitrogens with one attached hydrogen (secondary N) is 1. The van der Waals surface area contributed by atoms with Crippen molar-refractivity contribution in [1.29, 1.82) is 0 Å². The zero-order chi connectivity index (χ0) is 15.4. The van der Waals surface area contributed by atoms with Crippen LogP contribution in [0.1, 0.15) is 50.1 Å². The quantitative estimate of drug-likeness (QED) is 0.766. The Kier molecular flexibility index (Phi) is 5.18. The van der Waals surface area contributed by atoms with Gasteiger partial charge in [0.15, 0.2) is 0 Å². The highest BCUT2D eigenvalue weighted by Crippen LogP contribution is 2.25. The molecule has 0 aliphatic heterocycles. The maximum Gasteiger partial charge on any atom is 0.138 e. The molecule has 0 atom stereocenters. The minimum atomic E-state index is 0.523. The Morgan fingerprint density at radius 2 is 1.81 bits per heavy atom. The number of benzene rings is 1. The summed E-state index contributed by atoms with van der Waals surface area (Å²) < 4.78 is 0. The maximum absolute atomic E-state index is 6.20. The highest BCUT2D eigenvalue weighted by molar-refractivity contribution is 6.30. The average molecular weight is 304 g/mol. The smallest absolute Gasteiger partial charge is 0.138 e. The van der Waals surface area contributed by atoms with Crippen molar-refractivity contribution in [1.82, 2.24) is 9.97 Å². The van der Waals surface area contributed by atoms with Gasteiger partial charge in [-0.1, -0.05) is 44.5 Å². The monoisotopic (exact) mass is 303 g/mol. The van der Waals surface area contributed by atoms with Gasteiger partial charge >= 0.3 is 0 Å². The van der Waals surface area contributed by atoms with Crippen molar-refractivity contribution in [3.63, 3.8) is 0 Å². The molecule has 1 aromatic heterocycles. The first-order chi connectivity index (χ1) is 10.0. The molecule has 0 amide bonds. The first-order valence-corrected chi connectivity index (χ1v) is 7.79. The van der Waals surface area contributed by atoms with Crippen molar-refractivity contribution >= 4 is 23.1 Å². The summed E-state index contributed by atoms with van der Waals surface area (Å²) >= 11 is 6.20. The van der Waals surface area contributed by atoms with Gasteiger partial charge in [0.2, 0.25) is 0 Å². The van der Waals surface area contributed by atoms with Gasteiger partial charge in [-0.25, -0.2) is 9.97 Å². The van der Waals surface area contributed by atoms with Gasteiger partial charge in [0.1, 0.15) is 16.8 Å². The molecule has 0 unspecified atom stereocenters. The lowest BCUT2D eigenvalue weighted by Crippen LogP contribution is -2.03. The lowest BCUT2D eigenvalue weighted by molar-refractivity contribution is 0.833. The summed E-state index contributed by atoms with van der Waals surface area (Å²) in [6.45, 7) is 8.42. The fourth-order valence-corrected chi connectivity index (χ4v) is 2.27. The Morgan fingerprint density at radius 1 is 1.14 bits per heavy atom. The lowest BCUT2D eigenvalue weighted by atomic mass is 10.0. The second-order valence-electron chi connectivity index (χ2n) is 5.56. The summed E-state index contributed by atoms with van der Waals surface area (Å²) in [4.78, 5) is 8.89. The van der Waals surface area contributed by atoms with Gasteiger partial charge in [0.25, 0.3) is 0 Å². The molecule has 2 rings (SSSR count). The van der Waals surface area contributed by atoms with Crippen LogP contribution >= 0.6 is 11.6 Å². The molecule has 4 heteroatoms. The van der Waals surface area contributed by atoms with E-state index in [1.807, 2.05) is 6.92 Å². The van der Waals surface area contributed by atoms with Gasteiger partial charge in [-0.15, -0.1) is 0 Å². The minimum Gasteiger partial charge on any atom is -0.340 e. The molecule has 1 heterocycles. The third-order valence-corrected chi connectivity index (χ3v) is 3.81. The van der Waals surface area contributed by atoms with Crippen LogP contribution in [0.15, 0.2) is 24.3 Å². The van der Waals surface area contributed by atoms with Gasteiger partial charge in [0, 0.05) is 17.7 Å². The molecule has 3 nitrogen and oxygen atoms in total. The number of rotatable bonds is 5. The zero-order valence-electron chi connectivity index (χ0n) is 13.1. The van der Waals surface area contributed by atoms with Gasteiger partial charge in [-0.3, -0.25) is 0 Å². The third kappa shape index (κ3) is 3.94. The molecule has 1 aromatic carbocycles. The van der Waals surface area contributed by atoms with Crippen molar-refractivity contribution in [3.05, 3.63) is 46.4 Å². The predicted molar refractivity (Wildman–Crippen MR) is 89.6 cm³/mol. The van der Waals surface area contributed by atoms with Crippen LogP contribution in [0, 0.1) is 6.92 Å². The van der Waals surface area contributed by atoms with E-state index in [1.165, 1.54) is 5.56 Å². The third-order valence-electron chi connectivity index (χ3n) is 3.45. The lowest BCUT2D eigenvalue weighted by Gasteiger charge is -2.12. The average Bonchev–Trinajstić information content (AvgIpc) is 2.45. The van der Waals surface area contributed by atoms with Crippen molar-refractivity contribution in [2.75, 3.05) is 5.32 Å². The predicted octanol–water partition coefficient (Wildman–Crippen LogP) is 5.26. The van der Waals surface area contributed by atoms with Crippen LogP contribution < -0.4 is 5.32 Å². The van der Waals surface area contributed by atoms with E-state index in [0.717, 1.165) is 35.7 Å². The summed E-state index contributed by atoms with van der Waals surface area (Å²) in [5.74, 6) is 2.11. The van der Waals surface area contributed by atoms with Crippen LogP contribution in [0.2, 0.25) is 5.15 Å². The first-order valence-electron chi connectivity index (χ1n) is 7.41. The second kappa shape index (κ2) is 6.90. The number of hydrogen-bond donors (Lipinski definition) is 1. The van der Waals surface area contributed by atoms with Crippen LogP contribution in [0.25, 0.3) is 0 Å². The van der Waals surface area contributed by atoms with Crippen LogP contribution in [0.5, 0.6) is 0 Å². The van der Waals surface area contributed by atoms with Crippen molar-refractivity contribution in [3.8, 4) is 0 Å². The number of nitrogens with zero attached hydrogens (tertiary/aromatic N) is 2. The van der Waals surface area contributed by atoms with Gasteiger partial charge in [0.05, 0.1) is 0 Å². The Bertz CT molecular complexity index is 606. The Labute approximate surface area is 131 Å². The van der Waals surface area contributed by atoms with Crippen LogP contribution in [0.3, 0.4) is 0 Å². The molecular weight excluding hydrogens is 282 g/mol. The Hall–Kier alpha value is -1.61. The molecule has 1 N–H and O–H groups in total. The first kappa shape index (κ1) is 15.8. The molecule has 0 saturated heterocycles. The summed E-state index contributed by atoms with van der Waals surface area (Å²) in [5.41, 5.74) is 3.22. The molecule has 21 heavy (non-hydrogen) atoms. The van der Waals surface area contributed by atoms with E-state index in [0.29, 0.717) is 11.1 Å². The summed E-state index contributed by atoms with van der Waals surface area (Å²) in [6, 6.07) is 8.42. The second-order valence-corrected chi connectivity index (χ2v) is 5.91. The molecule has 2 aromatic rings. The van der Waals surface area contributed by atoms with Crippen LogP contribution in [0.4, 0.5) is 11.5 Å². The van der Waals surface area contributed by atoms with Crippen molar-refractivity contribution < 1.29 is 0 Å². The molecule has 0 radical (unpaired) electrons. The van der Waals surface area contributed by atoms with E-state index in [9.17, 15) is 0 Å². The van der Waals surface area contributed by atoms with E-state index >= 15 is 0 Å². The van der Waals surface area contributed by atoms with Crippen LogP contribution in [-0.2, 0) is 6.42 Å². The summed E-state index contributed by atoms with van der Waals surface area (Å²) in [5, 5.41) is 3.87. The Balaban J connectivity index is 2.25. The van der Waals surface area contributed by atoms with E-state index in [2.05, 4.69) is 60.3 Å². The van der Waals surface area contributed by atoms with Crippen molar-refractivity contribution in [2.24, 2.45) is 0 Å². The fraction of sp³-hybridized carbons (Fsp3) is 0.412. The van der Waals surface area contributed by atoms with E-state index in [-0.39, 0.29) is 0 Å². The zero-order valence-corrected chi connectivity index (χ0v) is 13.8. The number of aryl methyl sites for hydroxylation is 1. The van der Waals surface area contributed by atoms with Crippen molar-refractivity contribution in [2.45, 2.75) is 46.5 Å². The largest absolute Gasteiger partial charge is 0.340 e. The SMILES string of the molecule is CCCc1nc(Cl)c(C)c(Nc2ccc(C(C)C)cc2)n1. The highest BCUT2D eigenvalue weighted by Gasteiger charge is 2.09. The number of hydrogen-bond acceptors (Lipinski definition) is 3. The number of aromatic nitrogens is 2. The molecule has 0 aliphatic rings. The summed E-state index contributed by atoms with van der Waals surface area (Å²) in [7, 11) is 0. The standard InChI is InChI=1S/C17H22ClN3/c1-5-6-15-20-16(18)12(4)17(21-15)19-14-9-7-13(8-10-14)11(2)3/h7-11H,5-6H2,1-4H3,(H,19,20,21). The number of halogens is 1. The molecule has 112 valence electrons. The van der Waals surface area contributed by atoms with Crippen LogP contribution in [-0.4, -0.2) is 9.97 Å². The van der Waals surface area contributed by atoms with E-state index in [4.69, 9.17) is 11.6 Å². The molecule has 0 saturated carbocycles. The molecule has 0 aliphatic carbocycles. The fourth-order valence-electron chi connectivity index (χ4n) is 2.08.